The molecule has 1 amide bonds. The lowest BCUT2D eigenvalue weighted by molar-refractivity contribution is -0.124. The Bertz CT molecular complexity index is 685. The Labute approximate surface area is 143 Å². The summed E-state index contributed by atoms with van der Waals surface area (Å²) in [5.41, 5.74) is 2.04. The minimum Gasteiger partial charge on any atom is -0.355 e. The zero-order valence-corrected chi connectivity index (χ0v) is 13.8. The molecular formula is C22H21NO. The van der Waals surface area contributed by atoms with Crippen LogP contribution in [0.1, 0.15) is 23.6 Å². The molecule has 0 aliphatic heterocycles. The first kappa shape index (κ1) is 16.0. The highest BCUT2D eigenvalue weighted by Crippen LogP contribution is 2.39. The van der Waals surface area contributed by atoms with Crippen molar-refractivity contribution in [2.45, 2.75) is 12.3 Å². The Morgan fingerprint density at radius 2 is 1.04 bits per heavy atom. The van der Waals surface area contributed by atoms with E-state index < -0.39 is 5.41 Å². The zero-order chi connectivity index (χ0) is 16.8. The monoisotopic (exact) mass is 315 g/mol. The molecule has 0 spiro atoms. The Morgan fingerprint density at radius 1 is 0.708 bits per heavy atom. The van der Waals surface area contributed by atoms with Gasteiger partial charge in [-0.25, -0.2) is 0 Å². The molecule has 3 aromatic carbocycles. The number of carbonyl (C=O) groups excluding carboxylic acids is 1. The second-order valence-electron chi connectivity index (χ2n) is 5.71. The summed E-state index contributed by atoms with van der Waals surface area (Å²) < 4.78 is 0. The number of rotatable bonds is 5. The lowest BCUT2D eigenvalue weighted by Gasteiger charge is -2.34. The zero-order valence-electron chi connectivity index (χ0n) is 13.8. The molecule has 0 saturated heterocycles. The van der Waals surface area contributed by atoms with Crippen LogP contribution in [-0.2, 0) is 10.2 Å². The van der Waals surface area contributed by atoms with Crippen molar-refractivity contribution in [3.05, 3.63) is 108 Å². The summed E-state index contributed by atoms with van der Waals surface area (Å²) in [4.78, 5) is 13.4. The fraction of sp³-hybridized carbons (Fsp3) is 0.136. The lowest BCUT2D eigenvalue weighted by Crippen LogP contribution is -2.46. The molecule has 0 aliphatic carbocycles. The summed E-state index contributed by atoms with van der Waals surface area (Å²) in [7, 11) is 0. The maximum absolute atomic E-state index is 13.4. The van der Waals surface area contributed by atoms with E-state index in [0.29, 0.717) is 6.54 Å². The average molecular weight is 315 g/mol. The fourth-order valence-electron chi connectivity index (χ4n) is 3.25. The number of hydrogen-bond acceptors (Lipinski definition) is 1. The first-order chi connectivity index (χ1) is 11.8. The van der Waals surface area contributed by atoms with Gasteiger partial charge in [-0.15, -0.1) is 0 Å². The molecule has 0 aromatic heterocycles. The highest BCUT2D eigenvalue weighted by atomic mass is 16.2. The van der Waals surface area contributed by atoms with Gasteiger partial charge in [-0.05, 0) is 23.6 Å². The van der Waals surface area contributed by atoms with Gasteiger partial charge in [-0.2, -0.15) is 0 Å². The molecule has 120 valence electrons. The summed E-state index contributed by atoms with van der Waals surface area (Å²) in [5.74, 6) is -0.00593. The summed E-state index contributed by atoms with van der Waals surface area (Å²) in [6, 6.07) is 29.9. The lowest BCUT2D eigenvalue weighted by atomic mass is 9.68. The van der Waals surface area contributed by atoms with Crippen molar-refractivity contribution < 1.29 is 4.79 Å². The first-order valence-corrected chi connectivity index (χ1v) is 8.25. The van der Waals surface area contributed by atoms with Crippen molar-refractivity contribution in [1.82, 2.24) is 5.32 Å². The number of hydrogen-bond donors (Lipinski definition) is 1. The molecule has 3 rings (SSSR count). The minimum atomic E-state index is -0.861. The maximum atomic E-state index is 13.4. The molecule has 2 nitrogen and oxygen atoms in total. The Hall–Kier alpha value is -2.87. The molecule has 0 bridgehead atoms. The van der Waals surface area contributed by atoms with Crippen LogP contribution < -0.4 is 5.32 Å². The summed E-state index contributed by atoms with van der Waals surface area (Å²) in [6.45, 7) is 2.54. The van der Waals surface area contributed by atoms with Crippen LogP contribution in [0.2, 0.25) is 0 Å². The van der Waals surface area contributed by atoms with Gasteiger partial charge >= 0.3 is 0 Å². The van der Waals surface area contributed by atoms with Crippen LogP contribution in [-0.4, -0.2) is 12.5 Å². The molecule has 24 heavy (non-hydrogen) atoms. The highest BCUT2D eigenvalue weighted by Gasteiger charge is 2.43. The predicted octanol–water partition coefficient (Wildman–Crippen LogP) is 4.16. The Kier molecular flexibility index (Phi) is 4.76. The van der Waals surface area contributed by atoms with Crippen molar-refractivity contribution in [1.29, 1.82) is 0 Å². The molecular weight excluding hydrogens is 294 g/mol. The quantitative estimate of drug-likeness (QED) is 0.704. The summed E-state index contributed by atoms with van der Waals surface area (Å²) in [6.07, 6.45) is 0. The molecule has 0 fully saturated rings. The Balaban J connectivity index is 2.35. The van der Waals surface area contributed by atoms with Gasteiger partial charge in [0.05, 0.1) is 0 Å². The number of benzene rings is 3. The van der Waals surface area contributed by atoms with Gasteiger partial charge in [0.15, 0.2) is 0 Å². The normalized spacial score (nSPS) is 11.0. The molecule has 0 aliphatic rings. The number of nitrogens with one attached hydrogen (secondary N) is 1. The van der Waals surface area contributed by atoms with Gasteiger partial charge in [0.2, 0.25) is 5.91 Å². The van der Waals surface area contributed by atoms with Gasteiger partial charge in [-0.3, -0.25) is 4.79 Å². The average Bonchev–Trinajstić information content (AvgIpc) is 2.65. The van der Waals surface area contributed by atoms with Gasteiger partial charge in [0, 0.05) is 6.54 Å². The maximum Gasteiger partial charge on any atom is 0.239 e. The van der Waals surface area contributed by atoms with E-state index in [2.05, 4.69) is 5.32 Å². The van der Waals surface area contributed by atoms with Crippen molar-refractivity contribution in [3.63, 3.8) is 0 Å². The second-order valence-corrected chi connectivity index (χ2v) is 5.71. The smallest absolute Gasteiger partial charge is 0.239 e. The van der Waals surface area contributed by atoms with E-state index in [1.54, 1.807) is 0 Å². The summed E-state index contributed by atoms with van der Waals surface area (Å²) >= 11 is 0. The van der Waals surface area contributed by atoms with E-state index in [-0.39, 0.29) is 5.91 Å². The van der Waals surface area contributed by atoms with E-state index in [4.69, 9.17) is 0 Å². The molecule has 3 aromatic rings. The molecule has 0 heterocycles. The van der Waals surface area contributed by atoms with E-state index >= 15 is 0 Å². The van der Waals surface area contributed by atoms with Crippen molar-refractivity contribution in [2.24, 2.45) is 0 Å². The third-order valence-corrected chi connectivity index (χ3v) is 4.30. The first-order valence-electron chi connectivity index (χ1n) is 8.25. The number of carbonyl (C=O) groups is 1. The SMILES string of the molecule is CCNC(=O)C(c1ccccc1)(c1ccccc1)c1ccccc1. The van der Waals surface area contributed by atoms with Crippen LogP contribution in [0.4, 0.5) is 0 Å². The number of amides is 1. The molecule has 0 radical (unpaired) electrons. The van der Waals surface area contributed by atoms with Gasteiger partial charge in [-0.1, -0.05) is 91.0 Å². The highest BCUT2D eigenvalue weighted by molar-refractivity contribution is 5.96. The van der Waals surface area contributed by atoms with E-state index in [1.807, 2.05) is 97.9 Å². The van der Waals surface area contributed by atoms with Gasteiger partial charge < -0.3 is 5.32 Å². The van der Waals surface area contributed by atoms with Crippen LogP contribution in [0.25, 0.3) is 0 Å². The van der Waals surface area contributed by atoms with E-state index in [9.17, 15) is 4.79 Å². The molecule has 2 heteroatoms. The van der Waals surface area contributed by atoms with E-state index in [1.165, 1.54) is 0 Å². The predicted molar refractivity (Wildman–Crippen MR) is 97.9 cm³/mol. The van der Waals surface area contributed by atoms with Gasteiger partial charge in [0.25, 0.3) is 0 Å². The Morgan fingerprint density at radius 3 is 1.33 bits per heavy atom. The molecule has 0 atom stereocenters. The third-order valence-electron chi connectivity index (χ3n) is 4.30. The van der Waals surface area contributed by atoms with Crippen molar-refractivity contribution >= 4 is 5.91 Å². The largest absolute Gasteiger partial charge is 0.355 e. The van der Waals surface area contributed by atoms with Crippen LogP contribution in [0, 0.1) is 0 Å². The molecule has 0 saturated carbocycles. The third kappa shape index (κ3) is 2.71. The topological polar surface area (TPSA) is 29.1 Å². The van der Waals surface area contributed by atoms with Crippen LogP contribution in [0.3, 0.4) is 0 Å². The van der Waals surface area contributed by atoms with Crippen LogP contribution in [0.15, 0.2) is 91.0 Å². The van der Waals surface area contributed by atoms with Crippen LogP contribution in [0.5, 0.6) is 0 Å². The number of likely N-dealkylation sites (N-methyl/N-ethyl adjacent to an activating group) is 1. The summed E-state index contributed by atoms with van der Waals surface area (Å²) in [5, 5.41) is 3.04. The van der Waals surface area contributed by atoms with E-state index in [0.717, 1.165) is 16.7 Å². The standard InChI is InChI=1S/C22H21NO/c1-2-23-21(24)22(18-12-6-3-7-13-18,19-14-8-4-9-15-19)20-16-10-5-11-17-20/h3-17H,2H2,1H3,(H,23,24). The van der Waals surface area contributed by atoms with Crippen molar-refractivity contribution in [3.8, 4) is 0 Å². The fourth-order valence-corrected chi connectivity index (χ4v) is 3.25. The minimum absolute atomic E-state index is 0.00593. The second kappa shape index (κ2) is 7.14. The van der Waals surface area contributed by atoms with Crippen molar-refractivity contribution in [2.75, 3.05) is 6.54 Å². The van der Waals surface area contributed by atoms with Gasteiger partial charge in [0.1, 0.15) is 5.41 Å². The molecule has 0 unspecified atom stereocenters. The van der Waals surface area contributed by atoms with Crippen LogP contribution >= 0.6 is 0 Å². The molecule has 1 N–H and O–H groups in total.